The lowest BCUT2D eigenvalue weighted by molar-refractivity contribution is -0.142. The number of carbonyl (C=O) groups excluding carboxylic acids is 1. The van der Waals surface area contributed by atoms with Crippen LogP contribution in [-0.2, 0) is 4.79 Å². The molecule has 2 amide bonds. The summed E-state index contributed by atoms with van der Waals surface area (Å²) in [6.45, 7) is 2.62. The van der Waals surface area contributed by atoms with Crippen molar-refractivity contribution in [3.8, 4) is 0 Å². The number of carboxylic acids is 1. The Hall–Kier alpha value is -1.82. The number of benzene rings is 1. The maximum Gasteiger partial charge on any atom is 0.328 e. The number of carboxylic acid groups (broad SMARTS) is 1. The minimum absolute atomic E-state index is 0.124. The molecule has 0 aliphatic rings. The molecule has 0 aliphatic carbocycles. The lowest BCUT2D eigenvalue weighted by atomic mass is 10.1. The molecule has 1 aromatic carbocycles. The van der Waals surface area contributed by atoms with Gasteiger partial charge in [-0.2, -0.15) is 0 Å². The van der Waals surface area contributed by atoms with Gasteiger partial charge in [0.15, 0.2) is 5.82 Å². The first-order valence-corrected chi connectivity index (χ1v) is 5.38. The monoisotopic (exact) mass is 274 g/mol. The molecule has 18 heavy (non-hydrogen) atoms. The van der Waals surface area contributed by atoms with E-state index in [2.05, 4.69) is 10.6 Å². The third kappa shape index (κ3) is 3.33. The first-order valence-electron chi connectivity index (χ1n) is 5.00. The predicted molar refractivity (Wildman–Crippen MR) is 65.3 cm³/mol. The van der Waals surface area contributed by atoms with Gasteiger partial charge in [-0.1, -0.05) is 17.7 Å². The molecule has 0 radical (unpaired) electrons. The smallest absolute Gasteiger partial charge is 0.328 e. The van der Waals surface area contributed by atoms with Gasteiger partial charge < -0.3 is 15.7 Å². The lowest BCUT2D eigenvalue weighted by Gasteiger charge is -2.21. The molecule has 98 valence electrons. The summed E-state index contributed by atoms with van der Waals surface area (Å²) in [5.74, 6) is -1.98. The van der Waals surface area contributed by atoms with E-state index >= 15 is 0 Å². The minimum atomic E-state index is -1.46. The van der Waals surface area contributed by atoms with Gasteiger partial charge in [0.25, 0.3) is 0 Å². The van der Waals surface area contributed by atoms with E-state index in [-0.39, 0.29) is 10.7 Å². The van der Waals surface area contributed by atoms with Gasteiger partial charge >= 0.3 is 12.0 Å². The normalized spacial score (nSPS) is 10.9. The molecular weight excluding hydrogens is 263 g/mol. The zero-order valence-electron chi connectivity index (χ0n) is 9.75. The fraction of sp³-hybridized carbons (Fsp3) is 0.273. The maximum absolute atomic E-state index is 13.5. The van der Waals surface area contributed by atoms with E-state index in [0.29, 0.717) is 0 Å². The minimum Gasteiger partial charge on any atom is -0.480 e. The number of carbonyl (C=O) groups is 2. The van der Waals surface area contributed by atoms with Crippen molar-refractivity contribution in [1.82, 2.24) is 5.32 Å². The van der Waals surface area contributed by atoms with Gasteiger partial charge in [-0.05, 0) is 26.0 Å². The molecule has 0 fully saturated rings. The Morgan fingerprint density at radius 1 is 1.39 bits per heavy atom. The molecule has 0 aliphatic heterocycles. The first kappa shape index (κ1) is 14.2. The highest BCUT2D eigenvalue weighted by molar-refractivity contribution is 6.31. The van der Waals surface area contributed by atoms with Crippen LogP contribution in [-0.4, -0.2) is 22.6 Å². The summed E-state index contributed by atoms with van der Waals surface area (Å²) in [7, 11) is 0. The van der Waals surface area contributed by atoms with E-state index < -0.39 is 23.4 Å². The van der Waals surface area contributed by atoms with Gasteiger partial charge in [0.05, 0.1) is 10.7 Å². The fourth-order valence-corrected chi connectivity index (χ4v) is 1.27. The van der Waals surface area contributed by atoms with Crippen LogP contribution in [0.4, 0.5) is 14.9 Å². The largest absolute Gasteiger partial charge is 0.480 e. The van der Waals surface area contributed by atoms with Crippen LogP contribution in [0.2, 0.25) is 5.02 Å². The number of halogens is 2. The molecule has 0 unspecified atom stereocenters. The van der Waals surface area contributed by atoms with Crippen molar-refractivity contribution in [3.63, 3.8) is 0 Å². The molecule has 0 saturated carbocycles. The van der Waals surface area contributed by atoms with Crippen LogP contribution >= 0.6 is 11.6 Å². The van der Waals surface area contributed by atoms with Crippen LogP contribution in [0.5, 0.6) is 0 Å². The van der Waals surface area contributed by atoms with E-state index in [9.17, 15) is 14.0 Å². The Kier molecular flexibility index (Phi) is 4.13. The van der Waals surface area contributed by atoms with Gasteiger partial charge in [0.1, 0.15) is 5.54 Å². The van der Waals surface area contributed by atoms with E-state index in [1.54, 1.807) is 0 Å². The topological polar surface area (TPSA) is 78.4 Å². The van der Waals surface area contributed by atoms with Crippen molar-refractivity contribution in [1.29, 1.82) is 0 Å². The quantitative estimate of drug-likeness (QED) is 0.792. The van der Waals surface area contributed by atoms with Gasteiger partial charge in [-0.3, -0.25) is 0 Å². The molecule has 1 rings (SSSR count). The summed E-state index contributed by atoms with van der Waals surface area (Å²) in [4.78, 5) is 22.3. The van der Waals surface area contributed by atoms with Gasteiger partial charge in [-0.15, -0.1) is 0 Å². The zero-order chi connectivity index (χ0) is 13.9. The van der Waals surface area contributed by atoms with Crippen molar-refractivity contribution in [2.24, 2.45) is 0 Å². The maximum atomic E-state index is 13.5. The van der Waals surface area contributed by atoms with E-state index in [4.69, 9.17) is 16.7 Å². The van der Waals surface area contributed by atoms with Crippen molar-refractivity contribution >= 4 is 29.3 Å². The Bertz CT molecular complexity index is 491. The van der Waals surface area contributed by atoms with Crippen LogP contribution in [0.1, 0.15) is 13.8 Å². The number of anilines is 1. The van der Waals surface area contributed by atoms with E-state index in [1.807, 2.05) is 0 Å². The van der Waals surface area contributed by atoms with Gasteiger partial charge in [0, 0.05) is 0 Å². The number of nitrogens with one attached hydrogen (secondary N) is 2. The van der Waals surface area contributed by atoms with Crippen LogP contribution < -0.4 is 10.6 Å². The predicted octanol–water partition coefficient (Wildman–Crippen LogP) is 2.46. The number of rotatable bonds is 3. The van der Waals surface area contributed by atoms with Crippen LogP contribution in [0.25, 0.3) is 0 Å². The van der Waals surface area contributed by atoms with Crippen LogP contribution in [0, 0.1) is 5.82 Å². The number of urea groups is 1. The zero-order valence-corrected chi connectivity index (χ0v) is 10.5. The average Bonchev–Trinajstić information content (AvgIpc) is 2.23. The summed E-state index contributed by atoms with van der Waals surface area (Å²) in [6.07, 6.45) is 0. The summed E-state index contributed by atoms with van der Waals surface area (Å²) < 4.78 is 13.5. The third-order valence-electron chi connectivity index (χ3n) is 2.16. The molecule has 7 heteroatoms. The first-order chi connectivity index (χ1) is 8.24. The Morgan fingerprint density at radius 2 is 2.00 bits per heavy atom. The molecule has 0 aromatic heterocycles. The SMILES string of the molecule is CC(C)(NC(=O)Nc1cccc(Cl)c1F)C(=O)O. The van der Waals surface area contributed by atoms with E-state index in [1.165, 1.54) is 32.0 Å². The summed E-state index contributed by atoms with van der Waals surface area (Å²) in [6, 6.07) is 3.28. The molecule has 0 heterocycles. The average molecular weight is 275 g/mol. The number of amides is 2. The number of hydrogen-bond donors (Lipinski definition) is 3. The van der Waals surface area contributed by atoms with Gasteiger partial charge in [-0.25, -0.2) is 14.0 Å². The van der Waals surface area contributed by atoms with Crippen LogP contribution in [0.15, 0.2) is 18.2 Å². The summed E-state index contributed by atoms with van der Waals surface area (Å²) in [5, 5.41) is 13.1. The van der Waals surface area contributed by atoms with Crippen molar-refractivity contribution in [2.45, 2.75) is 19.4 Å². The molecule has 0 saturated heterocycles. The standard InChI is InChI=1S/C11H12ClFN2O3/c1-11(2,9(16)17)15-10(18)14-7-5-3-4-6(12)8(7)13/h3-5H,1-2H3,(H,16,17)(H2,14,15,18). The molecule has 0 atom stereocenters. The highest BCUT2D eigenvalue weighted by Gasteiger charge is 2.29. The fourth-order valence-electron chi connectivity index (χ4n) is 1.09. The summed E-state index contributed by atoms with van der Waals surface area (Å²) in [5.41, 5.74) is -1.58. The van der Waals surface area contributed by atoms with Crippen molar-refractivity contribution < 1.29 is 19.1 Å². The molecule has 1 aromatic rings. The second kappa shape index (κ2) is 5.22. The van der Waals surface area contributed by atoms with Gasteiger partial charge in [0.2, 0.25) is 0 Å². The Morgan fingerprint density at radius 3 is 2.56 bits per heavy atom. The van der Waals surface area contributed by atoms with E-state index in [0.717, 1.165) is 0 Å². The number of hydrogen-bond acceptors (Lipinski definition) is 2. The van der Waals surface area contributed by atoms with Crippen molar-refractivity contribution in [2.75, 3.05) is 5.32 Å². The highest BCUT2D eigenvalue weighted by atomic mass is 35.5. The number of aliphatic carboxylic acids is 1. The molecule has 0 bridgehead atoms. The summed E-state index contributed by atoms with van der Waals surface area (Å²) >= 11 is 5.54. The molecule has 5 nitrogen and oxygen atoms in total. The molecule has 3 N–H and O–H groups in total. The highest BCUT2D eigenvalue weighted by Crippen LogP contribution is 2.21. The molecular formula is C11H12ClFN2O3. The Balaban J connectivity index is 2.77. The van der Waals surface area contributed by atoms with Crippen LogP contribution in [0.3, 0.4) is 0 Å². The third-order valence-corrected chi connectivity index (χ3v) is 2.45. The lowest BCUT2D eigenvalue weighted by Crippen LogP contribution is -2.51. The second-order valence-corrected chi connectivity index (χ2v) is 4.52. The van der Waals surface area contributed by atoms with Crippen molar-refractivity contribution in [3.05, 3.63) is 29.0 Å². The Labute approximate surface area is 108 Å². The second-order valence-electron chi connectivity index (χ2n) is 4.11. The molecule has 0 spiro atoms.